The van der Waals surface area contributed by atoms with Gasteiger partial charge in [-0.1, -0.05) is 5.16 Å². The lowest BCUT2D eigenvalue weighted by Crippen LogP contribution is -2.53. The maximum absolute atomic E-state index is 8.68. The molecule has 1 aliphatic rings. The number of nitrogens with two attached hydrogens (primary N) is 1. The minimum absolute atomic E-state index is 0.0268. The molecule has 6 nitrogen and oxygen atoms in total. The molecule has 1 atom stereocenters. The molecule has 0 aliphatic carbocycles. The van der Waals surface area contributed by atoms with Crippen molar-refractivity contribution in [2.45, 2.75) is 19.4 Å². The monoisotopic (exact) mass is 257 g/mol. The molecule has 0 spiro atoms. The first-order valence-electron chi connectivity index (χ1n) is 6.63. The Bertz CT molecular complexity index is 261. The first-order valence-corrected chi connectivity index (χ1v) is 6.63. The Morgan fingerprint density at radius 3 is 2.44 bits per heavy atom. The lowest BCUT2D eigenvalue weighted by molar-refractivity contribution is 0.118. The Kier molecular flexibility index (Phi) is 6.38. The second-order valence-corrected chi connectivity index (χ2v) is 5.24. The molecule has 1 heterocycles. The van der Waals surface area contributed by atoms with E-state index in [-0.39, 0.29) is 6.04 Å². The number of nitrogens with zero attached hydrogens (tertiary/aromatic N) is 4. The quantitative estimate of drug-likeness (QED) is 0.296. The van der Waals surface area contributed by atoms with Crippen molar-refractivity contribution in [2.24, 2.45) is 10.9 Å². The van der Waals surface area contributed by atoms with Gasteiger partial charge in [-0.15, -0.1) is 0 Å². The van der Waals surface area contributed by atoms with Gasteiger partial charge in [-0.2, -0.15) is 0 Å². The summed E-state index contributed by atoms with van der Waals surface area (Å²) in [5, 5.41) is 11.8. The van der Waals surface area contributed by atoms with E-state index < -0.39 is 0 Å². The molecule has 3 N–H and O–H groups in total. The zero-order valence-electron chi connectivity index (χ0n) is 11.8. The van der Waals surface area contributed by atoms with Crippen LogP contribution in [0.15, 0.2) is 5.16 Å². The highest BCUT2D eigenvalue weighted by molar-refractivity contribution is 5.84. The van der Waals surface area contributed by atoms with Crippen LogP contribution in [0.3, 0.4) is 0 Å². The summed E-state index contributed by atoms with van der Waals surface area (Å²) in [4.78, 5) is 6.97. The average Bonchev–Trinajstić information content (AvgIpc) is 2.37. The topological polar surface area (TPSA) is 68.3 Å². The number of piperazine rings is 1. The predicted octanol–water partition coefficient (Wildman–Crippen LogP) is -0.309. The van der Waals surface area contributed by atoms with Crippen molar-refractivity contribution < 1.29 is 5.21 Å². The van der Waals surface area contributed by atoms with Crippen molar-refractivity contribution >= 4 is 5.84 Å². The second kappa shape index (κ2) is 7.56. The fraction of sp³-hybridized carbons (Fsp3) is 0.917. The lowest BCUT2D eigenvalue weighted by Gasteiger charge is -2.37. The fourth-order valence-electron chi connectivity index (χ4n) is 2.26. The van der Waals surface area contributed by atoms with E-state index in [1.165, 1.54) is 6.42 Å². The first kappa shape index (κ1) is 15.2. The van der Waals surface area contributed by atoms with Crippen molar-refractivity contribution in [3.8, 4) is 0 Å². The minimum Gasteiger partial charge on any atom is -0.409 e. The van der Waals surface area contributed by atoms with E-state index in [0.29, 0.717) is 5.84 Å². The van der Waals surface area contributed by atoms with E-state index in [9.17, 15) is 0 Å². The number of hydrogen-bond acceptors (Lipinski definition) is 5. The summed E-state index contributed by atoms with van der Waals surface area (Å²) in [5.74, 6) is 0.302. The molecule has 0 amide bonds. The van der Waals surface area contributed by atoms with E-state index in [1.807, 2.05) is 6.92 Å². The molecule has 18 heavy (non-hydrogen) atoms. The van der Waals surface area contributed by atoms with Gasteiger partial charge in [0.1, 0.15) is 0 Å². The van der Waals surface area contributed by atoms with Gasteiger partial charge in [-0.25, -0.2) is 0 Å². The summed E-state index contributed by atoms with van der Waals surface area (Å²) in [7, 11) is 4.22. The molecule has 0 aromatic carbocycles. The summed E-state index contributed by atoms with van der Waals surface area (Å²) < 4.78 is 0. The minimum atomic E-state index is 0.0268. The van der Waals surface area contributed by atoms with Gasteiger partial charge in [0.05, 0.1) is 6.04 Å². The van der Waals surface area contributed by atoms with Gasteiger partial charge < -0.3 is 20.7 Å². The molecule has 0 aromatic heterocycles. The Hall–Kier alpha value is -0.850. The molecule has 106 valence electrons. The van der Waals surface area contributed by atoms with Crippen LogP contribution in [0.2, 0.25) is 0 Å². The van der Waals surface area contributed by atoms with Gasteiger partial charge in [0.2, 0.25) is 0 Å². The summed E-state index contributed by atoms with van der Waals surface area (Å²) >= 11 is 0. The molecule has 1 rings (SSSR count). The van der Waals surface area contributed by atoms with Crippen LogP contribution in [0.1, 0.15) is 13.3 Å². The zero-order valence-corrected chi connectivity index (χ0v) is 11.8. The number of amidine groups is 1. The highest BCUT2D eigenvalue weighted by atomic mass is 16.4. The molecular weight excluding hydrogens is 230 g/mol. The maximum Gasteiger partial charge on any atom is 0.156 e. The highest BCUT2D eigenvalue weighted by Gasteiger charge is 2.22. The molecule has 0 aromatic rings. The number of oxime groups is 1. The summed E-state index contributed by atoms with van der Waals surface area (Å²) in [6.07, 6.45) is 1.21. The van der Waals surface area contributed by atoms with Gasteiger partial charge in [0.25, 0.3) is 0 Å². The van der Waals surface area contributed by atoms with E-state index in [4.69, 9.17) is 10.9 Å². The van der Waals surface area contributed by atoms with Crippen molar-refractivity contribution in [3.05, 3.63) is 0 Å². The third kappa shape index (κ3) is 4.80. The first-order chi connectivity index (χ1) is 8.54. The smallest absolute Gasteiger partial charge is 0.156 e. The maximum atomic E-state index is 8.68. The molecule has 6 heteroatoms. The molecule has 1 saturated heterocycles. The highest BCUT2D eigenvalue weighted by Crippen LogP contribution is 2.07. The fourth-order valence-corrected chi connectivity index (χ4v) is 2.26. The van der Waals surface area contributed by atoms with Gasteiger partial charge in [0, 0.05) is 26.2 Å². The van der Waals surface area contributed by atoms with E-state index in [1.54, 1.807) is 0 Å². The van der Waals surface area contributed by atoms with E-state index in [0.717, 1.165) is 39.3 Å². The Balaban J connectivity index is 2.24. The SMILES string of the molecule is CC(C(N)=NO)N1CCN(CCCN(C)C)CC1. The van der Waals surface area contributed by atoms with Crippen LogP contribution in [0.4, 0.5) is 0 Å². The normalized spacial score (nSPS) is 21.4. The standard InChI is InChI=1S/C12H27N5O/c1-11(12(13)14-18)17-9-7-16(8-10-17)6-4-5-15(2)3/h11,18H,4-10H2,1-3H3,(H2,13,14). The van der Waals surface area contributed by atoms with Gasteiger partial charge in [-0.05, 0) is 40.5 Å². The lowest BCUT2D eigenvalue weighted by atomic mass is 10.2. The zero-order chi connectivity index (χ0) is 13.5. The van der Waals surface area contributed by atoms with Crippen molar-refractivity contribution in [1.82, 2.24) is 14.7 Å². The molecule has 1 aliphatic heterocycles. The van der Waals surface area contributed by atoms with Crippen LogP contribution in [-0.2, 0) is 0 Å². The van der Waals surface area contributed by atoms with Crippen molar-refractivity contribution in [1.29, 1.82) is 0 Å². The van der Waals surface area contributed by atoms with Crippen LogP contribution in [0, 0.1) is 0 Å². The third-order valence-corrected chi connectivity index (χ3v) is 3.58. The molecule has 0 radical (unpaired) electrons. The van der Waals surface area contributed by atoms with Crippen molar-refractivity contribution in [2.75, 3.05) is 53.4 Å². The second-order valence-electron chi connectivity index (χ2n) is 5.24. The predicted molar refractivity (Wildman–Crippen MR) is 74.1 cm³/mol. The summed E-state index contributed by atoms with van der Waals surface area (Å²) in [6, 6.07) is 0.0268. The Morgan fingerprint density at radius 2 is 1.94 bits per heavy atom. The number of hydrogen-bond donors (Lipinski definition) is 2. The average molecular weight is 257 g/mol. The Labute approximate surface area is 110 Å². The van der Waals surface area contributed by atoms with Gasteiger partial charge >= 0.3 is 0 Å². The molecular formula is C12H27N5O. The summed E-state index contributed by atoms with van der Waals surface area (Å²) in [6.45, 7) is 8.38. The van der Waals surface area contributed by atoms with E-state index >= 15 is 0 Å². The molecule has 1 fully saturated rings. The van der Waals surface area contributed by atoms with E-state index in [2.05, 4.69) is 34.0 Å². The third-order valence-electron chi connectivity index (χ3n) is 3.58. The molecule has 0 saturated carbocycles. The van der Waals surface area contributed by atoms with Gasteiger partial charge in [0.15, 0.2) is 5.84 Å². The molecule has 0 bridgehead atoms. The van der Waals surface area contributed by atoms with Gasteiger partial charge in [-0.3, -0.25) is 4.90 Å². The molecule has 1 unspecified atom stereocenters. The van der Waals surface area contributed by atoms with Crippen LogP contribution < -0.4 is 5.73 Å². The van der Waals surface area contributed by atoms with Crippen LogP contribution >= 0.6 is 0 Å². The largest absolute Gasteiger partial charge is 0.409 e. The summed E-state index contributed by atoms with van der Waals surface area (Å²) in [5.41, 5.74) is 5.63. The van der Waals surface area contributed by atoms with Crippen LogP contribution in [0.5, 0.6) is 0 Å². The number of rotatable bonds is 6. The van der Waals surface area contributed by atoms with Crippen molar-refractivity contribution in [3.63, 3.8) is 0 Å². The van der Waals surface area contributed by atoms with Crippen LogP contribution in [-0.4, -0.2) is 85.1 Å². The van der Waals surface area contributed by atoms with Crippen LogP contribution in [0.25, 0.3) is 0 Å². The Morgan fingerprint density at radius 1 is 1.33 bits per heavy atom.